The summed E-state index contributed by atoms with van der Waals surface area (Å²) in [4.78, 5) is 13.9. The third-order valence-corrected chi connectivity index (χ3v) is 3.17. The lowest BCUT2D eigenvalue weighted by molar-refractivity contribution is 0.0523. The number of ether oxygens (including phenoxy) is 1. The van der Waals surface area contributed by atoms with E-state index in [4.69, 9.17) is 4.74 Å². The molecule has 1 saturated heterocycles. The minimum Gasteiger partial charge on any atom is -0.378 e. The molecule has 1 aliphatic rings. The van der Waals surface area contributed by atoms with Crippen molar-refractivity contribution in [2.45, 2.75) is 52.0 Å². The fourth-order valence-electron chi connectivity index (χ4n) is 2.12. The lowest BCUT2D eigenvalue weighted by Crippen LogP contribution is -2.49. The van der Waals surface area contributed by atoms with Gasteiger partial charge in [0.25, 0.3) is 0 Å². The van der Waals surface area contributed by atoms with Gasteiger partial charge in [-0.15, -0.1) is 0 Å². The van der Waals surface area contributed by atoms with Crippen LogP contribution in [-0.4, -0.2) is 43.3 Å². The van der Waals surface area contributed by atoms with Crippen LogP contribution in [0.4, 0.5) is 4.79 Å². The maximum atomic E-state index is 12.0. The summed E-state index contributed by atoms with van der Waals surface area (Å²) in [6, 6.07) is 0.429. The summed E-state index contributed by atoms with van der Waals surface area (Å²) in [7, 11) is 0. The number of unbranched alkanes of at least 4 members (excludes halogenated alkanes) is 1. The number of rotatable bonds is 6. The minimum atomic E-state index is 0.0860. The van der Waals surface area contributed by atoms with E-state index in [1.54, 1.807) is 0 Å². The number of hydrogen-bond acceptors (Lipinski definition) is 2. The highest BCUT2D eigenvalue weighted by atomic mass is 16.5. The van der Waals surface area contributed by atoms with Gasteiger partial charge in [-0.2, -0.15) is 0 Å². The second-order valence-electron chi connectivity index (χ2n) is 4.68. The zero-order valence-electron chi connectivity index (χ0n) is 11.2. The molecule has 0 aromatic carbocycles. The summed E-state index contributed by atoms with van der Waals surface area (Å²) in [5.41, 5.74) is 0. The van der Waals surface area contributed by atoms with Gasteiger partial charge in [0.2, 0.25) is 0 Å². The zero-order chi connectivity index (χ0) is 12.5. The van der Waals surface area contributed by atoms with Crippen LogP contribution < -0.4 is 5.32 Å². The van der Waals surface area contributed by atoms with Gasteiger partial charge in [0, 0.05) is 19.1 Å². The molecule has 0 aliphatic carbocycles. The number of morpholine rings is 1. The van der Waals surface area contributed by atoms with Crippen molar-refractivity contribution in [3.63, 3.8) is 0 Å². The Labute approximate surface area is 105 Å². The van der Waals surface area contributed by atoms with Gasteiger partial charge in [-0.1, -0.05) is 33.1 Å². The topological polar surface area (TPSA) is 41.6 Å². The molecule has 4 nitrogen and oxygen atoms in total. The quantitative estimate of drug-likeness (QED) is 0.777. The molecule has 1 heterocycles. The number of carbonyl (C=O) groups is 1. The van der Waals surface area contributed by atoms with E-state index in [1.165, 1.54) is 12.8 Å². The molecule has 0 spiro atoms. The first-order valence-electron chi connectivity index (χ1n) is 6.91. The molecule has 1 atom stereocenters. The van der Waals surface area contributed by atoms with Gasteiger partial charge in [0.05, 0.1) is 13.2 Å². The van der Waals surface area contributed by atoms with E-state index in [2.05, 4.69) is 19.2 Å². The first-order valence-corrected chi connectivity index (χ1v) is 6.91. The van der Waals surface area contributed by atoms with E-state index in [9.17, 15) is 4.79 Å². The Hall–Kier alpha value is -0.770. The van der Waals surface area contributed by atoms with Gasteiger partial charge < -0.3 is 15.0 Å². The van der Waals surface area contributed by atoms with Gasteiger partial charge in [-0.25, -0.2) is 4.79 Å². The summed E-state index contributed by atoms with van der Waals surface area (Å²) in [6.07, 6.45) is 5.68. The van der Waals surface area contributed by atoms with Crippen molar-refractivity contribution >= 4 is 6.03 Å². The molecule has 0 radical (unpaired) electrons. The van der Waals surface area contributed by atoms with Crippen LogP contribution in [0, 0.1) is 0 Å². The molecular weight excluding hydrogens is 216 g/mol. The lowest BCUT2D eigenvalue weighted by atomic mass is 10.1. The second-order valence-corrected chi connectivity index (χ2v) is 4.68. The van der Waals surface area contributed by atoms with Crippen molar-refractivity contribution in [1.29, 1.82) is 0 Å². The summed E-state index contributed by atoms with van der Waals surface area (Å²) in [5.74, 6) is 0. The normalized spacial score (nSPS) is 17.9. The Balaban J connectivity index is 2.33. The molecule has 2 amide bonds. The first kappa shape index (κ1) is 14.3. The molecule has 0 bridgehead atoms. The highest BCUT2D eigenvalue weighted by Gasteiger charge is 2.19. The Bertz CT molecular complexity index is 215. The summed E-state index contributed by atoms with van der Waals surface area (Å²) in [6.45, 7) is 7.13. The van der Waals surface area contributed by atoms with Gasteiger partial charge in [0.1, 0.15) is 0 Å². The van der Waals surface area contributed by atoms with Crippen molar-refractivity contribution in [2.24, 2.45) is 0 Å². The SMILES string of the molecule is CCCCC(CCC)NC(=O)N1CCOCC1. The predicted octanol–water partition coefficient (Wildman–Crippen LogP) is 2.39. The van der Waals surface area contributed by atoms with Crippen LogP contribution in [0.25, 0.3) is 0 Å². The van der Waals surface area contributed by atoms with Crippen molar-refractivity contribution < 1.29 is 9.53 Å². The molecule has 1 N–H and O–H groups in total. The highest BCUT2D eigenvalue weighted by Crippen LogP contribution is 2.08. The average Bonchev–Trinajstić information content (AvgIpc) is 2.37. The number of carbonyl (C=O) groups excluding carboxylic acids is 1. The highest BCUT2D eigenvalue weighted by molar-refractivity contribution is 5.74. The van der Waals surface area contributed by atoms with E-state index in [0.717, 1.165) is 32.4 Å². The molecule has 0 aromatic heterocycles. The Morgan fingerprint density at radius 3 is 2.53 bits per heavy atom. The molecule has 1 rings (SSSR count). The smallest absolute Gasteiger partial charge is 0.317 e. The van der Waals surface area contributed by atoms with Crippen molar-refractivity contribution in [3.05, 3.63) is 0 Å². The molecule has 17 heavy (non-hydrogen) atoms. The second kappa shape index (κ2) is 8.34. The van der Waals surface area contributed by atoms with Crippen LogP contribution in [0.1, 0.15) is 46.0 Å². The Kier molecular flexibility index (Phi) is 7.01. The standard InChI is InChI=1S/C13H26N2O2/c1-3-5-7-12(6-4-2)14-13(16)15-8-10-17-11-9-15/h12H,3-11H2,1-2H3,(H,14,16). The third-order valence-electron chi connectivity index (χ3n) is 3.17. The number of urea groups is 1. The van der Waals surface area contributed by atoms with Crippen LogP contribution in [-0.2, 0) is 4.74 Å². The minimum absolute atomic E-state index is 0.0860. The monoisotopic (exact) mass is 242 g/mol. The molecule has 1 unspecified atom stereocenters. The largest absolute Gasteiger partial charge is 0.378 e. The van der Waals surface area contributed by atoms with E-state index in [-0.39, 0.29) is 6.03 Å². The maximum Gasteiger partial charge on any atom is 0.317 e. The fraction of sp³-hybridized carbons (Fsp3) is 0.923. The van der Waals surface area contributed by atoms with Crippen LogP contribution in [0.15, 0.2) is 0 Å². The number of hydrogen-bond donors (Lipinski definition) is 1. The molecular formula is C13H26N2O2. The van der Waals surface area contributed by atoms with Crippen molar-refractivity contribution in [2.75, 3.05) is 26.3 Å². The van der Waals surface area contributed by atoms with E-state index < -0.39 is 0 Å². The van der Waals surface area contributed by atoms with Crippen LogP contribution in [0.2, 0.25) is 0 Å². The average molecular weight is 242 g/mol. The molecule has 0 aromatic rings. The lowest BCUT2D eigenvalue weighted by Gasteiger charge is -2.29. The zero-order valence-corrected chi connectivity index (χ0v) is 11.2. The van der Waals surface area contributed by atoms with Crippen molar-refractivity contribution in [3.8, 4) is 0 Å². The van der Waals surface area contributed by atoms with Gasteiger partial charge in [0.15, 0.2) is 0 Å². The molecule has 0 saturated carbocycles. The van der Waals surface area contributed by atoms with E-state index >= 15 is 0 Å². The van der Waals surface area contributed by atoms with E-state index in [1.807, 2.05) is 4.90 Å². The van der Waals surface area contributed by atoms with Gasteiger partial charge in [-0.3, -0.25) is 0 Å². The third kappa shape index (κ3) is 5.39. The summed E-state index contributed by atoms with van der Waals surface area (Å²) >= 11 is 0. The summed E-state index contributed by atoms with van der Waals surface area (Å²) in [5, 5.41) is 3.15. The van der Waals surface area contributed by atoms with E-state index in [0.29, 0.717) is 19.3 Å². The van der Waals surface area contributed by atoms with Crippen LogP contribution >= 0.6 is 0 Å². The molecule has 1 fully saturated rings. The summed E-state index contributed by atoms with van der Waals surface area (Å²) < 4.78 is 5.25. The molecule has 100 valence electrons. The number of nitrogens with zero attached hydrogens (tertiary/aromatic N) is 1. The van der Waals surface area contributed by atoms with Crippen molar-refractivity contribution in [1.82, 2.24) is 10.2 Å². The Morgan fingerprint density at radius 1 is 1.24 bits per heavy atom. The molecule has 4 heteroatoms. The maximum absolute atomic E-state index is 12.0. The number of nitrogens with one attached hydrogen (secondary N) is 1. The van der Waals surface area contributed by atoms with Crippen LogP contribution in [0.3, 0.4) is 0 Å². The predicted molar refractivity (Wildman–Crippen MR) is 69.1 cm³/mol. The fourth-order valence-corrected chi connectivity index (χ4v) is 2.12. The molecule has 1 aliphatic heterocycles. The van der Waals surface area contributed by atoms with Gasteiger partial charge >= 0.3 is 6.03 Å². The number of amides is 2. The van der Waals surface area contributed by atoms with Gasteiger partial charge in [-0.05, 0) is 12.8 Å². The van der Waals surface area contributed by atoms with Crippen LogP contribution in [0.5, 0.6) is 0 Å². The Morgan fingerprint density at radius 2 is 1.94 bits per heavy atom. The first-order chi connectivity index (χ1) is 8.27.